The molecule has 1 aliphatic rings. The summed E-state index contributed by atoms with van der Waals surface area (Å²) in [6, 6.07) is 4.53. The SMILES string of the molecule is CC1CN(c2ccc(C(N)=S)cn2)CC1N(C)C. The van der Waals surface area contributed by atoms with Gasteiger partial charge in [-0.1, -0.05) is 19.1 Å². The molecule has 98 valence electrons. The normalized spacial score (nSPS) is 23.7. The molecule has 2 unspecified atom stereocenters. The van der Waals surface area contributed by atoms with Gasteiger partial charge in [0.2, 0.25) is 0 Å². The maximum atomic E-state index is 5.57. The average molecular weight is 264 g/mol. The molecule has 1 aliphatic heterocycles. The fourth-order valence-corrected chi connectivity index (χ4v) is 2.65. The Labute approximate surface area is 114 Å². The molecule has 1 aromatic rings. The van der Waals surface area contributed by atoms with Crippen LogP contribution in [0, 0.1) is 5.92 Å². The van der Waals surface area contributed by atoms with E-state index in [4.69, 9.17) is 18.0 Å². The Hall–Kier alpha value is -1.20. The number of hydrogen-bond acceptors (Lipinski definition) is 4. The van der Waals surface area contributed by atoms with E-state index in [0.717, 1.165) is 24.5 Å². The van der Waals surface area contributed by atoms with E-state index in [0.29, 0.717) is 16.9 Å². The van der Waals surface area contributed by atoms with Crippen molar-refractivity contribution < 1.29 is 0 Å². The summed E-state index contributed by atoms with van der Waals surface area (Å²) in [5.74, 6) is 1.66. The molecular weight excluding hydrogens is 244 g/mol. The lowest BCUT2D eigenvalue weighted by Crippen LogP contribution is -2.34. The molecule has 5 heteroatoms. The number of likely N-dealkylation sites (N-methyl/N-ethyl adjacent to an activating group) is 1. The van der Waals surface area contributed by atoms with Crippen LogP contribution in [-0.4, -0.2) is 48.1 Å². The average Bonchev–Trinajstić information content (AvgIpc) is 2.71. The van der Waals surface area contributed by atoms with E-state index in [1.165, 1.54) is 0 Å². The van der Waals surface area contributed by atoms with E-state index in [9.17, 15) is 0 Å². The summed E-state index contributed by atoms with van der Waals surface area (Å²) in [7, 11) is 4.27. The standard InChI is InChI=1S/C13H20N4S/c1-9-7-17(8-11(9)16(2)3)12-5-4-10(6-15-12)13(14)18/h4-6,9,11H,7-8H2,1-3H3,(H2,14,18). The van der Waals surface area contributed by atoms with E-state index in [1.54, 1.807) is 6.20 Å². The van der Waals surface area contributed by atoms with Crippen LogP contribution in [0.4, 0.5) is 5.82 Å². The fraction of sp³-hybridized carbons (Fsp3) is 0.538. The van der Waals surface area contributed by atoms with Crippen molar-refractivity contribution in [1.29, 1.82) is 0 Å². The number of aromatic nitrogens is 1. The Kier molecular flexibility index (Phi) is 3.82. The van der Waals surface area contributed by atoms with Crippen LogP contribution in [-0.2, 0) is 0 Å². The Morgan fingerprint density at radius 1 is 1.44 bits per heavy atom. The smallest absolute Gasteiger partial charge is 0.128 e. The van der Waals surface area contributed by atoms with E-state index >= 15 is 0 Å². The van der Waals surface area contributed by atoms with Gasteiger partial charge < -0.3 is 15.5 Å². The van der Waals surface area contributed by atoms with Gasteiger partial charge >= 0.3 is 0 Å². The zero-order valence-corrected chi connectivity index (χ0v) is 11.9. The molecule has 0 saturated carbocycles. The Bertz CT molecular complexity index is 429. The van der Waals surface area contributed by atoms with Crippen molar-refractivity contribution in [3.05, 3.63) is 23.9 Å². The summed E-state index contributed by atoms with van der Waals surface area (Å²) in [4.78, 5) is 9.45. The van der Waals surface area contributed by atoms with Gasteiger partial charge in [0, 0.05) is 30.9 Å². The maximum Gasteiger partial charge on any atom is 0.128 e. The highest BCUT2D eigenvalue weighted by atomic mass is 32.1. The molecule has 0 aliphatic carbocycles. The van der Waals surface area contributed by atoms with Crippen LogP contribution >= 0.6 is 12.2 Å². The van der Waals surface area contributed by atoms with E-state index < -0.39 is 0 Å². The van der Waals surface area contributed by atoms with Crippen molar-refractivity contribution in [2.24, 2.45) is 11.7 Å². The van der Waals surface area contributed by atoms with Crippen LogP contribution in [0.25, 0.3) is 0 Å². The van der Waals surface area contributed by atoms with Gasteiger partial charge in [-0.2, -0.15) is 0 Å². The van der Waals surface area contributed by atoms with Gasteiger partial charge in [-0.3, -0.25) is 0 Å². The van der Waals surface area contributed by atoms with Crippen molar-refractivity contribution in [2.75, 3.05) is 32.1 Å². The zero-order valence-electron chi connectivity index (χ0n) is 11.1. The number of anilines is 1. The Morgan fingerprint density at radius 2 is 2.17 bits per heavy atom. The molecule has 1 aromatic heterocycles. The molecule has 1 saturated heterocycles. The molecule has 0 bridgehead atoms. The highest BCUT2D eigenvalue weighted by Crippen LogP contribution is 2.24. The molecule has 2 atom stereocenters. The number of nitrogens with two attached hydrogens (primary N) is 1. The molecule has 2 N–H and O–H groups in total. The first-order valence-electron chi connectivity index (χ1n) is 6.16. The Morgan fingerprint density at radius 3 is 2.61 bits per heavy atom. The summed E-state index contributed by atoms with van der Waals surface area (Å²) in [5.41, 5.74) is 6.40. The zero-order chi connectivity index (χ0) is 13.3. The largest absolute Gasteiger partial charge is 0.389 e. The summed E-state index contributed by atoms with van der Waals surface area (Å²) in [5, 5.41) is 0. The molecule has 0 amide bonds. The molecule has 0 aromatic carbocycles. The Balaban J connectivity index is 2.11. The second-order valence-corrected chi connectivity index (χ2v) is 5.62. The first-order chi connectivity index (χ1) is 8.49. The topological polar surface area (TPSA) is 45.4 Å². The molecule has 0 spiro atoms. The van der Waals surface area contributed by atoms with Crippen LogP contribution in [0.2, 0.25) is 0 Å². The number of thiocarbonyl (C=S) groups is 1. The first kappa shape index (κ1) is 13.2. The van der Waals surface area contributed by atoms with E-state index in [1.807, 2.05) is 12.1 Å². The van der Waals surface area contributed by atoms with Crippen molar-refractivity contribution in [2.45, 2.75) is 13.0 Å². The van der Waals surface area contributed by atoms with Gasteiger partial charge in [0.15, 0.2) is 0 Å². The number of rotatable bonds is 3. The summed E-state index contributed by atoms with van der Waals surface area (Å²) < 4.78 is 0. The molecule has 4 nitrogen and oxygen atoms in total. The number of hydrogen-bond donors (Lipinski definition) is 1. The predicted octanol–water partition coefficient (Wildman–Crippen LogP) is 1.10. The van der Waals surface area contributed by atoms with Crippen LogP contribution in [0.15, 0.2) is 18.3 Å². The lowest BCUT2D eigenvalue weighted by molar-refractivity contribution is 0.266. The van der Waals surface area contributed by atoms with Gasteiger partial charge in [-0.25, -0.2) is 4.98 Å². The highest BCUT2D eigenvalue weighted by Gasteiger charge is 2.31. The van der Waals surface area contributed by atoms with E-state index in [-0.39, 0.29) is 0 Å². The number of nitrogens with zero attached hydrogens (tertiary/aromatic N) is 3. The van der Waals surface area contributed by atoms with Crippen LogP contribution < -0.4 is 10.6 Å². The minimum atomic E-state index is 0.398. The van der Waals surface area contributed by atoms with Crippen LogP contribution in [0.5, 0.6) is 0 Å². The van der Waals surface area contributed by atoms with Gasteiger partial charge in [-0.15, -0.1) is 0 Å². The molecular formula is C13H20N4S. The third kappa shape index (κ3) is 2.62. The fourth-order valence-electron chi connectivity index (χ4n) is 2.53. The van der Waals surface area contributed by atoms with Crippen molar-refractivity contribution >= 4 is 23.0 Å². The minimum absolute atomic E-state index is 0.398. The van der Waals surface area contributed by atoms with Gasteiger partial charge in [0.05, 0.1) is 0 Å². The lowest BCUT2D eigenvalue weighted by atomic mass is 10.1. The second-order valence-electron chi connectivity index (χ2n) is 5.18. The van der Waals surface area contributed by atoms with E-state index in [2.05, 4.69) is 35.8 Å². The monoisotopic (exact) mass is 264 g/mol. The quantitative estimate of drug-likeness (QED) is 0.828. The van der Waals surface area contributed by atoms with Gasteiger partial charge in [0.25, 0.3) is 0 Å². The summed E-state index contributed by atoms with van der Waals surface area (Å²) in [6.07, 6.45) is 1.76. The van der Waals surface area contributed by atoms with Gasteiger partial charge in [0.1, 0.15) is 10.8 Å². The molecule has 2 rings (SSSR count). The highest BCUT2D eigenvalue weighted by molar-refractivity contribution is 7.80. The maximum absolute atomic E-state index is 5.57. The van der Waals surface area contributed by atoms with Crippen LogP contribution in [0.3, 0.4) is 0 Å². The molecule has 18 heavy (non-hydrogen) atoms. The second kappa shape index (κ2) is 5.20. The molecule has 1 fully saturated rings. The van der Waals surface area contributed by atoms with Crippen molar-refractivity contribution in [3.8, 4) is 0 Å². The molecule has 2 heterocycles. The third-order valence-electron chi connectivity index (χ3n) is 3.59. The van der Waals surface area contributed by atoms with Crippen LogP contribution in [0.1, 0.15) is 12.5 Å². The predicted molar refractivity (Wildman–Crippen MR) is 79.0 cm³/mol. The summed E-state index contributed by atoms with van der Waals surface area (Å²) >= 11 is 4.93. The first-order valence-corrected chi connectivity index (χ1v) is 6.57. The minimum Gasteiger partial charge on any atom is -0.389 e. The van der Waals surface area contributed by atoms with Crippen molar-refractivity contribution in [3.63, 3.8) is 0 Å². The van der Waals surface area contributed by atoms with Gasteiger partial charge in [-0.05, 0) is 32.1 Å². The molecule has 0 radical (unpaired) electrons. The third-order valence-corrected chi connectivity index (χ3v) is 3.83. The van der Waals surface area contributed by atoms with Crippen molar-refractivity contribution in [1.82, 2.24) is 9.88 Å². The number of pyridine rings is 1. The summed E-state index contributed by atoms with van der Waals surface area (Å²) in [6.45, 7) is 4.35. The lowest BCUT2D eigenvalue weighted by Gasteiger charge is -2.22.